The van der Waals surface area contributed by atoms with Gasteiger partial charge in [0, 0.05) is 3.57 Å². The van der Waals surface area contributed by atoms with Crippen molar-refractivity contribution in [1.29, 1.82) is 0 Å². The Hall–Kier alpha value is 0.590. The predicted molar refractivity (Wildman–Crippen MR) is 48.7 cm³/mol. The average Bonchev–Trinajstić information content (AvgIpc) is 1.94. The van der Waals surface area contributed by atoms with Crippen LogP contribution in [0.1, 0.15) is 0 Å². The van der Waals surface area contributed by atoms with Crippen LogP contribution in [0.4, 0.5) is 4.39 Å². The van der Waals surface area contributed by atoms with Crippen LogP contribution in [0.25, 0.3) is 0 Å². The first-order chi connectivity index (χ1) is 5.82. The zero-order valence-electron chi connectivity index (χ0n) is 6.99. The molecule has 0 heterocycles. The first kappa shape index (κ1) is 14.6. The van der Waals surface area contributed by atoms with Gasteiger partial charge >= 0.3 is 29.6 Å². The maximum Gasteiger partial charge on any atom is 1.00 e. The van der Waals surface area contributed by atoms with Gasteiger partial charge in [-0.3, -0.25) is 0 Å². The number of phenolic OH excluding ortho intramolecular Hbond substituents is 1. The molecule has 0 bridgehead atoms. The minimum atomic E-state index is -4.68. The summed E-state index contributed by atoms with van der Waals surface area (Å²) in [5, 5.41) is 8.81. The number of rotatable bonds is 1. The van der Waals surface area contributed by atoms with Crippen LogP contribution in [0.2, 0.25) is 0 Å². The van der Waals surface area contributed by atoms with E-state index in [1.165, 1.54) is 22.6 Å². The van der Waals surface area contributed by atoms with Crippen LogP contribution in [0.5, 0.6) is 5.75 Å². The smallest absolute Gasteiger partial charge is 0.744 e. The van der Waals surface area contributed by atoms with Gasteiger partial charge in [0.05, 0.1) is 4.90 Å². The molecule has 0 fully saturated rings. The molecule has 0 aliphatic heterocycles. The van der Waals surface area contributed by atoms with E-state index in [4.69, 9.17) is 5.11 Å². The Kier molecular flexibility index (Phi) is 5.30. The van der Waals surface area contributed by atoms with Crippen LogP contribution in [0, 0.1) is 9.39 Å². The van der Waals surface area contributed by atoms with Crippen molar-refractivity contribution in [2.45, 2.75) is 4.90 Å². The van der Waals surface area contributed by atoms with Crippen LogP contribution < -0.4 is 29.6 Å². The third kappa shape index (κ3) is 3.31. The molecule has 1 rings (SSSR count). The fourth-order valence-corrected chi connectivity index (χ4v) is 2.51. The molecule has 1 N–H and O–H groups in total. The van der Waals surface area contributed by atoms with Crippen LogP contribution in [0.15, 0.2) is 17.0 Å². The molecular weight excluding hydrogens is 337 g/mol. The molecule has 0 saturated heterocycles. The van der Waals surface area contributed by atoms with E-state index in [1.54, 1.807) is 0 Å². The van der Waals surface area contributed by atoms with Crippen LogP contribution in [-0.2, 0) is 10.1 Å². The fraction of sp³-hybridized carbons (Fsp3) is 0. The summed E-state index contributed by atoms with van der Waals surface area (Å²) in [6, 6.07) is 1.38. The first-order valence-corrected chi connectivity index (χ1v) is 5.45. The molecule has 72 valence electrons. The van der Waals surface area contributed by atoms with Crippen molar-refractivity contribution < 1.29 is 52.0 Å². The Bertz CT molecular complexity index is 447. The quantitative estimate of drug-likeness (QED) is 0.366. The number of phenols is 1. The van der Waals surface area contributed by atoms with E-state index in [-0.39, 0.29) is 33.1 Å². The molecule has 0 aliphatic carbocycles. The normalized spacial score (nSPS) is 10.8. The van der Waals surface area contributed by atoms with Gasteiger partial charge in [-0.15, -0.1) is 0 Å². The van der Waals surface area contributed by atoms with Crippen molar-refractivity contribution >= 4 is 32.7 Å². The number of halogens is 2. The maximum atomic E-state index is 12.6. The monoisotopic (exact) mass is 340 g/mol. The molecule has 0 radical (unpaired) electrons. The second-order valence-electron chi connectivity index (χ2n) is 2.19. The van der Waals surface area contributed by atoms with E-state index in [1.807, 2.05) is 0 Å². The fourth-order valence-electron chi connectivity index (χ4n) is 0.710. The molecule has 0 aliphatic rings. The first-order valence-electron chi connectivity index (χ1n) is 2.96. The zero-order chi connectivity index (χ0) is 10.2. The third-order valence-electron chi connectivity index (χ3n) is 1.27. The largest absolute Gasteiger partial charge is 1.00 e. The topological polar surface area (TPSA) is 77.4 Å². The SMILES string of the molecule is O=S(=O)([O-])c1cc(F)c(O)cc1I.[Na+]. The third-order valence-corrected chi connectivity index (χ3v) is 3.41. The van der Waals surface area contributed by atoms with Gasteiger partial charge in [-0.05, 0) is 34.7 Å². The Morgan fingerprint density at radius 1 is 1.43 bits per heavy atom. The summed E-state index contributed by atoms with van der Waals surface area (Å²) in [5.41, 5.74) is 0. The van der Waals surface area contributed by atoms with Crippen molar-refractivity contribution in [2.75, 3.05) is 0 Å². The molecule has 0 saturated carbocycles. The number of benzene rings is 1. The summed E-state index contributed by atoms with van der Waals surface area (Å²) in [4.78, 5) is -0.664. The average molecular weight is 340 g/mol. The van der Waals surface area contributed by atoms with E-state index >= 15 is 0 Å². The standard InChI is InChI=1S/C6H4FIO4S.Na/c7-3-1-6(13(10,11)12)4(8)2-5(3)9;/h1-2,9H,(H,10,11,12);/q;+1/p-1. The minimum Gasteiger partial charge on any atom is -0.744 e. The molecule has 0 unspecified atom stereocenters. The van der Waals surface area contributed by atoms with Crippen molar-refractivity contribution in [3.63, 3.8) is 0 Å². The Balaban J connectivity index is 0.00000169. The summed E-state index contributed by atoms with van der Waals surface area (Å²) in [6.45, 7) is 0. The predicted octanol–water partition coefficient (Wildman–Crippen LogP) is -1.96. The number of hydrogen-bond donors (Lipinski definition) is 1. The van der Waals surface area contributed by atoms with Gasteiger partial charge < -0.3 is 9.66 Å². The van der Waals surface area contributed by atoms with Gasteiger partial charge in [-0.2, -0.15) is 0 Å². The van der Waals surface area contributed by atoms with Gasteiger partial charge in [0.15, 0.2) is 11.6 Å². The van der Waals surface area contributed by atoms with Crippen molar-refractivity contribution in [3.05, 3.63) is 21.5 Å². The van der Waals surface area contributed by atoms with Gasteiger partial charge in [0.25, 0.3) is 0 Å². The van der Waals surface area contributed by atoms with E-state index in [9.17, 15) is 17.4 Å². The molecule has 0 atom stereocenters. The molecule has 0 spiro atoms. The Morgan fingerprint density at radius 2 is 1.93 bits per heavy atom. The number of hydrogen-bond acceptors (Lipinski definition) is 4. The molecule has 1 aromatic rings. The Morgan fingerprint density at radius 3 is 2.36 bits per heavy atom. The van der Waals surface area contributed by atoms with E-state index in [2.05, 4.69) is 0 Å². The van der Waals surface area contributed by atoms with Crippen molar-refractivity contribution in [3.8, 4) is 5.75 Å². The molecule has 14 heavy (non-hydrogen) atoms. The van der Waals surface area contributed by atoms with Gasteiger partial charge in [-0.25, -0.2) is 12.8 Å². The van der Waals surface area contributed by atoms with Crippen molar-refractivity contribution in [2.24, 2.45) is 0 Å². The molecule has 8 heteroatoms. The Labute approximate surface area is 116 Å². The van der Waals surface area contributed by atoms with Crippen molar-refractivity contribution in [1.82, 2.24) is 0 Å². The summed E-state index contributed by atoms with van der Waals surface area (Å²) in [7, 11) is -4.68. The minimum absolute atomic E-state index is 0. The van der Waals surface area contributed by atoms with Crippen LogP contribution >= 0.6 is 22.6 Å². The van der Waals surface area contributed by atoms with Crippen LogP contribution in [0.3, 0.4) is 0 Å². The molecule has 0 amide bonds. The summed E-state index contributed by atoms with van der Waals surface area (Å²) in [5.74, 6) is -1.81. The van der Waals surface area contributed by atoms with Gasteiger partial charge in [-0.1, -0.05) is 0 Å². The van der Waals surface area contributed by atoms with E-state index in [0.717, 1.165) is 6.07 Å². The molecule has 0 aromatic heterocycles. The number of aromatic hydroxyl groups is 1. The second kappa shape index (κ2) is 5.08. The van der Waals surface area contributed by atoms with Gasteiger partial charge in [0.2, 0.25) is 0 Å². The second-order valence-corrected chi connectivity index (χ2v) is 4.70. The zero-order valence-corrected chi connectivity index (χ0v) is 12.0. The molecule has 1 aromatic carbocycles. The summed E-state index contributed by atoms with van der Waals surface area (Å²) in [6.07, 6.45) is 0. The maximum absolute atomic E-state index is 12.6. The van der Waals surface area contributed by atoms with Crippen LogP contribution in [-0.4, -0.2) is 18.1 Å². The van der Waals surface area contributed by atoms with Gasteiger partial charge in [0.1, 0.15) is 10.1 Å². The van der Waals surface area contributed by atoms with E-state index < -0.39 is 26.6 Å². The summed E-state index contributed by atoms with van der Waals surface area (Å²) < 4.78 is 44.2. The van der Waals surface area contributed by atoms with E-state index in [0.29, 0.717) is 6.07 Å². The summed E-state index contributed by atoms with van der Waals surface area (Å²) >= 11 is 1.52. The molecule has 4 nitrogen and oxygen atoms in total. The molecular formula is C6H3FINaO4S.